The topological polar surface area (TPSA) is 87.0 Å². The molecule has 0 saturated heterocycles. The summed E-state index contributed by atoms with van der Waals surface area (Å²) in [6.45, 7) is 0. The van der Waals surface area contributed by atoms with E-state index in [2.05, 4.69) is 15.2 Å². The Morgan fingerprint density at radius 1 is 1.09 bits per heavy atom. The maximum atomic E-state index is 12.0. The van der Waals surface area contributed by atoms with Gasteiger partial charge in [-0.3, -0.25) is 4.79 Å². The number of ether oxygens (including phenoxy) is 1. The molecule has 0 radical (unpaired) electrons. The van der Waals surface area contributed by atoms with Crippen LogP contribution in [-0.4, -0.2) is 17.2 Å². The average Bonchev–Trinajstić information content (AvgIpc) is 2.55. The lowest BCUT2D eigenvalue weighted by Gasteiger charge is -2.05. The van der Waals surface area contributed by atoms with Crippen molar-refractivity contribution >= 4 is 22.3 Å². The van der Waals surface area contributed by atoms with Crippen molar-refractivity contribution in [2.24, 2.45) is 10.2 Å². The monoisotopic (exact) mass is 295 g/mol. The van der Waals surface area contributed by atoms with E-state index in [0.29, 0.717) is 22.3 Å². The number of methoxy groups -OCH3 is 1. The van der Waals surface area contributed by atoms with E-state index in [4.69, 9.17) is 4.74 Å². The van der Waals surface area contributed by atoms with Crippen molar-refractivity contribution in [2.45, 2.75) is 0 Å². The first-order valence-electron chi connectivity index (χ1n) is 6.59. The molecule has 1 aromatic heterocycles. The van der Waals surface area contributed by atoms with Gasteiger partial charge in [-0.05, 0) is 30.3 Å². The first-order valence-corrected chi connectivity index (χ1v) is 6.59. The summed E-state index contributed by atoms with van der Waals surface area (Å²) in [6, 6.07) is 14.0. The number of aromatic amines is 1. The highest BCUT2D eigenvalue weighted by atomic mass is 16.5. The Morgan fingerprint density at radius 2 is 1.86 bits per heavy atom. The minimum Gasteiger partial charge on any atom is -0.505 e. The van der Waals surface area contributed by atoms with E-state index in [1.807, 2.05) is 18.2 Å². The number of azo groups is 1. The third-order valence-electron chi connectivity index (χ3n) is 3.19. The number of hydrogen-bond acceptors (Lipinski definition) is 5. The van der Waals surface area contributed by atoms with Gasteiger partial charge in [-0.1, -0.05) is 18.2 Å². The summed E-state index contributed by atoms with van der Waals surface area (Å²) in [5.74, 6) is 0.345. The van der Waals surface area contributed by atoms with Crippen LogP contribution < -0.4 is 10.3 Å². The van der Waals surface area contributed by atoms with E-state index < -0.39 is 5.56 Å². The van der Waals surface area contributed by atoms with Gasteiger partial charge in [0.25, 0.3) is 5.56 Å². The van der Waals surface area contributed by atoms with Crippen LogP contribution in [-0.2, 0) is 0 Å². The van der Waals surface area contributed by atoms with Crippen LogP contribution in [0, 0.1) is 0 Å². The Morgan fingerprint density at radius 3 is 2.59 bits per heavy atom. The molecule has 1 heterocycles. The van der Waals surface area contributed by atoms with E-state index in [1.54, 1.807) is 30.3 Å². The number of fused-ring (bicyclic) bond motifs is 1. The van der Waals surface area contributed by atoms with Crippen molar-refractivity contribution in [1.82, 2.24) is 4.98 Å². The average molecular weight is 295 g/mol. The van der Waals surface area contributed by atoms with E-state index >= 15 is 0 Å². The van der Waals surface area contributed by atoms with E-state index in [-0.39, 0.29) is 11.4 Å². The highest BCUT2D eigenvalue weighted by molar-refractivity contribution is 5.89. The van der Waals surface area contributed by atoms with Gasteiger partial charge in [-0.15, -0.1) is 5.11 Å². The van der Waals surface area contributed by atoms with Crippen LogP contribution in [0.5, 0.6) is 11.5 Å². The zero-order chi connectivity index (χ0) is 15.5. The number of nitrogens with one attached hydrogen (secondary N) is 1. The van der Waals surface area contributed by atoms with E-state index in [1.165, 1.54) is 7.11 Å². The molecule has 6 heteroatoms. The Balaban J connectivity index is 2.13. The number of nitrogens with zero attached hydrogens (tertiary/aromatic N) is 2. The van der Waals surface area contributed by atoms with Gasteiger partial charge in [0.15, 0.2) is 11.4 Å². The molecule has 0 aliphatic heterocycles. The number of H-pyrrole nitrogens is 1. The van der Waals surface area contributed by atoms with E-state index in [0.717, 1.165) is 0 Å². The van der Waals surface area contributed by atoms with Crippen molar-refractivity contribution in [3.8, 4) is 11.5 Å². The highest BCUT2D eigenvalue weighted by Gasteiger charge is 2.12. The Bertz CT molecular complexity index is 902. The number of rotatable bonds is 3. The van der Waals surface area contributed by atoms with Crippen LogP contribution in [0.4, 0.5) is 11.4 Å². The molecular formula is C16H13N3O3. The Kier molecular flexibility index (Phi) is 3.57. The van der Waals surface area contributed by atoms with Crippen LogP contribution in [0.2, 0.25) is 0 Å². The molecule has 110 valence electrons. The summed E-state index contributed by atoms with van der Waals surface area (Å²) in [4.78, 5) is 14.7. The zero-order valence-electron chi connectivity index (χ0n) is 11.8. The SMILES string of the molecule is COc1ccc2[nH]c(=O)c(N=Nc3ccccc3)c(O)c2c1. The number of pyridine rings is 1. The highest BCUT2D eigenvalue weighted by Crippen LogP contribution is 2.33. The third kappa shape index (κ3) is 2.54. The van der Waals surface area contributed by atoms with Crippen LogP contribution in [0.25, 0.3) is 10.9 Å². The van der Waals surface area contributed by atoms with Crippen molar-refractivity contribution < 1.29 is 9.84 Å². The molecule has 2 aromatic carbocycles. The minimum absolute atomic E-state index is 0.135. The van der Waals surface area contributed by atoms with Crippen LogP contribution >= 0.6 is 0 Å². The van der Waals surface area contributed by atoms with Gasteiger partial charge in [0.05, 0.1) is 18.3 Å². The van der Waals surface area contributed by atoms with Gasteiger partial charge in [0.1, 0.15) is 5.75 Å². The maximum absolute atomic E-state index is 12.0. The largest absolute Gasteiger partial charge is 0.505 e. The molecule has 0 aliphatic rings. The molecule has 3 rings (SSSR count). The number of aromatic nitrogens is 1. The molecule has 3 aromatic rings. The van der Waals surface area contributed by atoms with E-state index in [9.17, 15) is 9.90 Å². The molecular weight excluding hydrogens is 282 g/mol. The summed E-state index contributed by atoms with van der Waals surface area (Å²) in [7, 11) is 1.53. The van der Waals surface area contributed by atoms with Gasteiger partial charge in [-0.2, -0.15) is 5.11 Å². The molecule has 0 spiro atoms. The summed E-state index contributed by atoms with van der Waals surface area (Å²) in [6.07, 6.45) is 0. The second-order valence-corrected chi connectivity index (χ2v) is 4.60. The fourth-order valence-corrected chi connectivity index (χ4v) is 2.07. The number of benzene rings is 2. The van der Waals surface area contributed by atoms with Gasteiger partial charge < -0.3 is 14.8 Å². The summed E-state index contributed by atoms with van der Waals surface area (Å²) < 4.78 is 5.12. The molecule has 0 unspecified atom stereocenters. The van der Waals surface area contributed by atoms with Crippen LogP contribution in [0.1, 0.15) is 0 Å². The van der Waals surface area contributed by atoms with Gasteiger partial charge in [0.2, 0.25) is 0 Å². The molecule has 22 heavy (non-hydrogen) atoms. The Hall–Kier alpha value is -3.15. The fourth-order valence-electron chi connectivity index (χ4n) is 2.07. The molecule has 0 aliphatic carbocycles. The lowest BCUT2D eigenvalue weighted by molar-refractivity contribution is 0.415. The summed E-state index contributed by atoms with van der Waals surface area (Å²) >= 11 is 0. The maximum Gasteiger partial charge on any atom is 0.280 e. The van der Waals surface area contributed by atoms with Crippen molar-refractivity contribution in [3.63, 3.8) is 0 Å². The summed E-state index contributed by atoms with van der Waals surface area (Å²) in [5, 5.41) is 18.6. The third-order valence-corrected chi connectivity index (χ3v) is 3.19. The molecule has 0 amide bonds. The molecule has 0 bridgehead atoms. The lowest BCUT2D eigenvalue weighted by Crippen LogP contribution is -2.05. The van der Waals surface area contributed by atoms with Crippen molar-refractivity contribution in [1.29, 1.82) is 0 Å². The normalized spacial score (nSPS) is 11.1. The van der Waals surface area contributed by atoms with Gasteiger partial charge in [0, 0.05) is 5.39 Å². The molecule has 0 fully saturated rings. The minimum atomic E-state index is -0.505. The first-order chi connectivity index (χ1) is 10.7. The summed E-state index contributed by atoms with van der Waals surface area (Å²) in [5.41, 5.74) is 0.452. The molecule has 0 saturated carbocycles. The number of hydrogen-bond donors (Lipinski definition) is 2. The zero-order valence-corrected chi connectivity index (χ0v) is 11.8. The quantitative estimate of drug-likeness (QED) is 0.723. The van der Waals surface area contributed by atoms with Crippen molar-refractivity contribution in [3.05, 3.63) is 58.9 Å². The predicted molar refractivity (Wildman–Crippen MR) is 83.4 cm³/mol. The van der Waals surface area contributed by atoms with Crippen molar-refractivity contribution in [2.75, 3.05) is 7.11 Å². The first kappa shape index (κ1) is 13.8. The second kappa shape index (κ2) is 5.69. The van der Waals surface area contributed by atoms with Gasteiger partial charge >= 0.3 is 0 Å². The van der Waals surface area contributed by atoms with Crippen LogP contribution in [0.3, 0.4) is 0 Å². The molecule has 2 N–H and O–H groups in total. The van der Waals surface area contributed by atoms with Gasteiger partial charge in [-0.25, -0.2) is 0 Å². The number of aromatic hydroxyl groups is 1. The second-order valence-electron chi connectivity index (χ2n) is 4.60. The Labute approximate surface area is 125 Å². The smallest absolute Gasteiger partial charge is 0.280 e. The lowest BCUT2D eigenvalue weighted by atomic mass is 10.2. The fraction of sp³-hybridized carbons (Fsp3) is 0.0625. The molecule has 6 nitrogen and oxygen atoms in total. The van der Waals surface area contributed by atoms with Crippen LogP contribution in [0.15, 0.2) is 63.6 Å². The molecule has 0 atom stereocenters. The standard InChI is InChI=1S/C16H13N3O3/c1-22-11-7-8-13-12(9-11)15(20)14(16(21)17-13)19-18-10-5-3-2-4-6-10/h2-9H,1H3,(H2,17,20,21). The predicted octanol–water partition coefficient (Wildman–Crippen LogP) is 3.66.